The number of piperidine rings is 1. The predicted octanol–water partition coefficient (Wildman–Crippen LogP) is 3.42. The topological polar surface area (TPSA) is 66.5 Å². The molecule has 0 bridgehead atoms. The lowest BCUT2D eigenvalue weighted by atomic mass is 9.98. The van der Waals surface area contributed by atoms with Crippen LogP contribution in [0.25, 0.3) is 0 Å². The highest BCUT2D eigenvalue weighted by Gasteiger charge is 2.34. The third-order valence-corrected chi connectivity index (χ3v) is 6.45. The van der Waals surface area contributed by atoms with Gasteiger partial charge in [0.25, 0.3) is 0 Å². The van der Waals surface area contributed by atoms with Crippen molar-refractivity contribution in [2.24, 2.45) is 5.92 Å². The van der Waals surface area contributed by atoms with Gasteiger partial charge in [-0.1, -0.05) is 0 Å². The average Bonchev–Trinajstić information content (AvgIpc) is 2.70. The summed E-state index contributed by atoms with van der Waals surface area (Å²) in [5.74, 6) is -9.48. The number of benzene rings is 2. The van der Waals surface area contributed by atoms with Crippen molar-refractivity contribution in [3.63, 3.8) is 0 Å². The number of amides is 1. The number of hydrogen-bond acceptors (Lipinski definition) is 3. The van der Waals surface area contributed by atoms with Crippen LogP contribution in [-0.4, -0.2) is 31.7 Å². The van der Waals surface area contributed by atoms with Crippen molar-refractivity contribution in [2.45, 2.75) is 17.7 Å². The molecule has 2 aromatic carbocycles. The normalized spacial score (nSPS) is 17.9. The highest BCUT2D eigenvalue weighted by Crippen LogP contribution is 2.28. The van der Waals surface area contributed by atoms with E-state index in [1.165, 1.54) is 0 Å². The average molecular weight is 434 g/mol. The van der Waals surface area contributed by atoms with E-state index in [4.69, 9.17) is 0 Å². The van der Waals surface area contributed by atoms with Crippen LogP contribution in [0.5, 0.6) is 0 Å². The molecule has 0 radical (unpaired) electrons. The number of nitrogens with zero attached hydrogens (tertiary/aromatic N) is 1. The van der Waals surface area contributed by atoms with E-state index in [0.29, 0.717) is 0 Å². The monoisotopic (exact) mass is 434 g/mol. The van der Waals surface area contributed by atoms with E-state index in [9.17, 15) is 35.2 Å². The molecule has 29 heavy (non-hydrogen) atoms. The number of nitrogens with one attached hydrogen (secondary N) is 1. The van der Waals surface area contributed by atoms with Crippen LogP contribution in [0.15, 0.2) is 35.2 Å². The van der Waals surface area contributed by atoms with Crippen molar-refractivity contribution in [1.29, 1.82) is 0 Å². The molecule has 1 heterocycles. The largest absolute Gasteiger partial charge is 0.321 e. The number of carbonyl (C=O) groups excluding carboxylic acids is 1. The summed E-state index contributed by atoms with van der Waals surface area (Å²) in [6.07, 6.45) is 0.462. The summed E-state index contributed by atoms with van der Waals surface area (Å²) in [5, 5.41) is 1.81. The molecule has 1 aliphatic rings. The lowest BCUT2D eigenvalue weighted by Crippen LogP contribution is -2.43. The Morgan fingerprint density at radius 2 is 1.59 bits per heavy atom. The van der Waals surface area contributed by atoms with Gasteiger partial charge in [0.05, 0.1) is 10.8 Å². The van der Waals surface area contributed by atoms with Crippen LogP contribution in [0.4, 0.5) is 27.6 Å². The number of halogens is 5. The van der Waals surface area contributed by atoms with Gasteiger partial charge in [-0.25, -0.2) is 30.4 Å². The Hall–Kier alpha value is -2.53. The van der Waals surface area contributed by atoms with E-state index >= 15 is 0 Å². The highest BCUT2D eigenvalue weighted by atomic mass is 32.2. The Balaban J connectivity index is 1.79. The van der Waals surface area contributed by atoms with Crippen LogP contribution in [0.3, 0.4) is 0 Å². The molecule has 1 N–H and O–H groups in total. The molecule has 3 rings (SSSR count). The Morgan fingerprint density at radius 1 is 1.00 bits per heavy atom. The molecule has 1 fully saturated rings. The summed E-state index contributed by atoms with van der Waals surface area (Å²) >= 11 is 0. The van der Waals surface area contributed by atoms with E-state index in [-0.39, 0.29) is 36.9 Å². The molecule has 1 atom stereocenters. The molecule has 1 amide bonds. The second-order valence-electron chi connectivity index (χ2n) is 6.49. The minimum atomic E-state index is -4.03. The van der Waals surface area contributed by atoms with Crippen LogP contribution >= 0.6 is 0 Å². The molecule has 0 saturated carbocycles. The third-order valence-electron chi connectivity index (χ3n) is 4.57. The van der Waals surface area contributed by atoms with Gasteiger partial charge in [-0.3, -0.25) is 4.79 Å². The van der Waals surface area contributed by atoms with Gasteiger partial charge in [0, 0.05) is 19.2 Å². The lowest BCUT2D eigenvalue weighted by molar-refractivity contribution is -0.120. The Labute approximate surface area is 163 Å². The molecular weight excluding hydrogens is 419 g/mol. The Morgan fingerprint density at radius 3 is 2.17 bits per heavy atom. The van der Waals surface area contributed by atoms with Gasteiger partial charge in [0.15, 0.2) is 23.3 Å². The first-order valence-corrected chi connectivity index (χ1v) is 9.95. The van der Waals surface area contributed by atoms with E-state index < -0.39 is 56.6 Å². The maximum Gasteiger partial charge on any atom is 0.243 e. The second-order valence-corrected chi connectivity index (χ2v) is 8.43. The number of carbonyl (C=O) groups is 1. The summed E-state index contributed by atoms with van der Waals surface area (Å²) in [7, 11) is -4.03. The molecule has 0 aliphatic carbocycles. The Kier molecular flexibility index (Phi) is 5.90. The van der Waals surface area contributed by atoms with Gasteiger partial charge in [-0.05, 0) is 37.1 Å². The molecule has 2 aromatic rings. The van der Waals surface area contributed by atoms with Gasteiger partial charge < -0.3 is 5.32 Å². The van der Waals surface area contributed by atoms with Gasteiger partial charge in [0.1, 0.15) is 11.5 Å². The molecule has 0 aromatic heterocycles. The standard InChI is InChI=1S/C18H15F5N2O3S/c19-11-3-5-12(6-4-11)29(27,28)25-7-1-2-10(9-25)18(26)24-17-15(22)13(20)8-14(21)16(17)23/h3-6,8,10H,1-2,7,9H2,(H,24,26)/t10-/m1/s1. The van der Waals surface area contributed by atoms with Crippen molar-refractivity contribution in [2.75, 3.05) is 18.4 Å². The van der Waals surface area contributed by atoms with E-state index in [1.54, 1.807) is 0 Å². The van der Waals surface area contributed by atoms with Crippen LogP contribution in [0.2, 0.25) is 0 Å². The first kappa shape index (κ1) is 21.2. The van der Waals surface area contributed by atoms with Gasteiger partial charge in [0.2, 0.25) is 15.9 Å². The molecule has 0 unspecified atom stereocenters. The lowest BCUT2D eigenvalue weighted by Gasteiger charge is -2.31. The van der Waals surface area contributed by atoms with Gasteiger partial charge in [-0.15, -0.1) is 0 Å². The molecule has 0 spiro atoms. The maximum absolute atomic E-state index is 13.8. The zero-order valence-electron chi connectivity index (χ0n) is 14.8. The SMILES string of the molecule is O=C(Nc1c(F)c(F)cc(F)c1F)[C@@H]1CCCN(S(=O)(=O)c2ccc(F)cc2)C1. The number of hydrogen-bond donors (Lipinski definition) is 1. The van der Waals surface area contributed by atoms with Crippen LogP contribution in [-0.2, 0) is 14.8 Å². The number of rotatable bonds is 4. The van der Waals surface area contributed by atoms with Crippen LogP contribution in [0, 0.1) is 35.0 Å². The molecule has 156 valence electrons. The number of sulfonamides is 1. The van der Waals surface area contributed by atoms with Crippen LogP contribution in [0.1, 0.15) is 12.8 Å². The second kappa shape index (κ2) is 8.07. The number of anilines is 1. The molecule has 5 nitrogen and oxygen atoms in total. The van der Waals surface area contributed by atoms with E-state index in [1.807, 2.05) is 5.32 Å². The summed E-state index contributed by atoms with van der Waals surface area (Å²) < 4.78 is 93.5. The maximum atomic E-state index is 13.8. The smallest absolute Gasteiger partial charge is 0.243 e. The third kappa shape index (κ3) is 4.25. The molecular formula is C18H15F5N2O3S. The summed E-state index contributed by atoms with van der Waals surface area (Å²) in [4.78, 5) is 12.2. The Bertz CT molecular complexity index is 1020. The van der Waals surface area contributed by atoms with Gasteiger partial charge >= 0.3 is 0 Å². The summed E-state index contributed by atoms with van der Waals surface area (Å²) in [6.45, 7) is -0.229. The van der Waals surface area contributed by atoms with Crippen molar-refractivity contribution in [3.05, 3.63) is 59.4 Å². The minimum absolute atomic E-state index is 0.0118. The van der Waals surface area contributed by atoms with Crippen LogP contribution < -0.4 is 5.32 Å². The zero-order chi connectivity index (χ0) is 21.3. The van der Waals surface area contributed by atoms with Crippen molar-refractivity contribution in [3.8, 4) is 0 Å². The minimum Gasteiger partial charge on any atom is -0.321 e. The zero-order valence-corrected chi connectivity index (χ0v) is 15.6. The van der Waals surface area contributed by atoms with Crippen molar-refractivity contribution < 1.29 is 35.2 Å². The molecule has 1 saturated heterocycles. The van der Waals surface area contributed by atoms with Crippen molar-refractivity contribution >= 4 is 21.6 Å². The first-order valence-electron chi connectivity index (χ1n) is 8.51. The molecule has 11 heteroatoms. The first-order chi connectivity index (χ1) is 13.6. The fourth-order valence-corrected chi connectivity index (χ4v) is 4.56. The van der Waals surface area contributed by atoms with Gasteiger partial charge in [-0.2, -0.15) is 4.31 Å². The molecule has 1 aliphatic heterocycles. The summed E-state index contributed by atoms with van der Waals surface area (Å²) in [6, 6.07) is 4.12. The van der Waals surface area contributed by atoms with E-state index in [0.717, 1.165) is 28.6 Å². The summed E-state index contributed by atoms with van der Waals surface area (Å²) in [5.41, 5.74) is -1.27. The quantitative estimate of drug-likeness (QED) is 0.593. The highest BCUT2D eigenvalue weighted by molar-refractivity contribution is 7.89. The predicted molar refractivity (Wildman–Crippen MR) is 92.8 cm³/mol. The van der Waals surface area contributed by atoms with Crippen molar-refractivity contribution in [1.82, 2.24) is 4.31 Å². The van der Waals surface area contributed by atoms with E-state index in [2.05, 4.69) is 0 Å². The fraction of sp³-hybridized carbons (Fsp3) is 0.278. The fourth-order valence-electron chi connectivity index (χ4n) is 3.04.